The summed E-state index contributed by atoms with van der Waals surface area (Å²) in [6.07, 6.45) is 0. The molecular weight excluding hydrogens is 325 g/mol. The normalized spacial score (nSPS) is 22.3. The van der Waals surface area contributed by atoms with Crippen molar-refractivity contribution in [1.29, 1.82) is 0 Å². The smallest absolute Gasteiger partial charge is 1.00 e. The first-order valence-electron chi connectivity index (χ1n) is 3.65. The number of halogens is 2. The predicted molar refractivity (Wildman–Crippen MR) is 40.2 cm³/mol. The first-order valence-corrected chi connectivity index (χ1v) is 5.45. The van der Waals surface area contributed by atoms with Crippen LogP contribution in [0.4, 0.5) is 0 Å². The van der Waals surface area contributed by atoms with Gasteiger partial charge in [-0.25, -0.2) is 0 Å². The third-order valence-corrected chi connectivity index (χ3v) is 5.54. The van der Waals surface area contributed by atoms with Gasteiger partial charge in [-0.2, -0.15) is 0 Å². The molecule has 0 aliphatic heterocycles. The van der Waals surface area contributed by atoms with Gasteiger partial charge in [0.25, 0.3) is 0 Å². The summed E-state index contributed by atoms with van der Waals surface area (Å²) in [4.78, 5) is 0. The van der Waals surface area contributed by atoms with Crippen molar-refractivity contribution in [3.05, 3.63) is 20.0 Å². The van der Waals surface area contributed by atoms with Crippen molar-refractivity contribution in [3.8, 4) is 0 Å². The Hall–Kier alpha value is 0.210. The van der Waals surface area contributed by atoms with E-state index in [1.807, 2.05) is 0 Å². The van der Waals surface area contributed by atoms with Crippen molar-refractivity contribution in [2.45, 2.75) is 27.7 Å². The zero-order chi connectivity index (χ0) is 7.89. The maximum Gasteiger partial charge on any atom is -1.00 e. The zero-order valence-electron chi connectivity index (χ0n) is 7.83. The van der Waals surface area contributed by atoms with E-state index in [1.165, 1.54) is 29.9 Å². The maximum atomic E-state index is 2.32. The van der Waals surface area contributed by atoms with E-state index in [0.29, 0.717) is 0 Å². The largest absolute Gasteiger partial charge is 1.00 e. The Morgan fingerprint density at radius 3 is 1.50 bits per heavy atom. The number of allylic oxidation sites excluding steroid dienone is 4. The molecule has 0 heterocycles. The van der Waals surface area contributed by atoms with Crippen LogP contribution in [0, 0.1) is 5.92 Å². The van der Waals surface area contributed by atoms with E-state index in [-0.39, 0.29) is 9.41 Å². The van der Waals surface area contributed by atoms with E-state index in [1.54, 1.807) is 14.5 Å². The SMILES string of the molecule is CC1=C(C)C(C)[C]([Hf+2])=C1C.[F-].[F-]. The molecule has 0 bridgehead atoms. The van der Waals surface area contributed by atoms with Gasteiger partial charge in [-0.1, -0.05) is 0 Å². The van der Waals surface area contributed by atoms with E-state index in [2.05, 4.69) is 27.7 Å². The van der Waals surface area contributed by atoms with Gasteiger partial charge < -0.3 is 9.41 Å². The molecule has 0 nitrogen and oxygen atoms in total. The minimum absolute atomic E-state index is 0. The molecule has 67 valence electrons. The van der Waals surface area contributed by atoms with E-state index < -0.39 is 0 Å². The summed E-state index contributed by atoms with van der Waals surface area (Å²) in [6.45, 7) is 9.07. The van der Waals surface area contributed by atoms with Crippen molar-refractivity contribution in [2.24, 2.45) is 5.92 Å². The van der Waals surface area contributed by atoms with Crippen LogP contribution in [0.1, 0.15) is 27.7 Å². The Kier molecular flexibility index (Phi) is 6.20. The molecule has 0 saturated carbocycles. The summed E-state index contributed by atoms with van der Waals surface area (Å²) in [5.41, 5.74) is 4.69. The first-order chi connectivity index (χ1) is 4.55. The van der Waals surface area contributed by atoms with Gasteiger partial charge in [0.05, 0.1) is 0 Å². The molecule has 0 aromatic carbocycles. The molecule has 0 saturated heterocycles. The quantitative estimate of drug-likeness (QED) is 0.409. The Labute approximate surface area is 87.4 Å². The average molecular weight is 338 g/mol. The van der Waals surface area contributed by atoms with Crippen LogP contribution in [0.15, 0.2) is 20.0 Å². The van der Waals surface area contributed by atoms with Crippen LogP contribution in [-0.2, 0) is 24.4 Å². The Bertz CT molecular complexity index is 205. The third kappa shape index (κ3) is 2.12. The van der Waals surface area contributed by atoms with Gasteiger partial charge in [0, 0.05) is 0 Å². The van der Waals surface area contributed by atoms with E-state index in [4.69, 9.17) is 0 Å². The van der Waals surface area contributed by atoms with Crippen molar-refractivity contribution < 1.29 is 33.8 Å². The molecular formula is C9H13F2Hf. The third-order valence-electron chi connectivity index (χ3n) is 2.64. The summed E-state index contributed by atoms with van der Waals surface area (Å²) in [7, 11) is 0. The second-order valence-electron chi connectivity index (χ2n) is 3.07. The average Bonchev–Trinajstić information content (AvgIpc) is 2.07. The van der Waals surface area contributed by atoms with Gasteiger partial charge >= 0.3 is 78.0 Å². The minimum Gasteiger partial charge on any atom is -1.00 e. The second-order valence-corrected chi connectivity index (χ2v) is 5.00. The molecule has 3 heteroatoms. The Morgan fingerprint density at radius 2 is 1.42 bits per heavy atom. The topological polar surface area (TPSA) is 0 Å². The van der Waals surface area contributed by atoms with Gasteiger partial charge in [-0.15, -0.1) is 0 Å². The van der Waals surface area contributed by atoms with Crippen molar-refractivity contribution >= 4 is 0 Å². The van der Waals surface area contributed by atoms with Crippen LogP contribution < -0.4 is 9.41 Å². The van der Waals surface area contributed by atoms with Crippen LogP contribution in [0.3, 0.4) is 0 Å². The Balaban J connectivity index is 0. The van der Waals surface area contributed by atoms with Gasteiger partial charge in [0.15, 0.2) is 0 Å². The fourth-order valence-electron chi connectivity index (χ4n) is 1.36. The Morgan fingerprint density at radius 1 is 1.00 bits per heavy atom. The second kappa shape index (κ2) is 5.05. The van der Waals surface area contributed by atoms with Crippen LogP contribution in [-0.4, -0.2) is 0 Å². The van der Waals surface area contributed by atoms with Gasteiger partial charge in [0.1, 0.15) is 0 Å². The first kappa shape index (κ1) is 14.7. The predicted octanol–water partition coefficient (Wildman–Crippen LogP) is -3.20. The fourth-order valence-corrected chi connectivity index (χ4v) is 2.82. The summed E-state index contributed by atoms with van der Waals surface area (Å²) in [6, 6.07) is 0. The zero-order valence-corrected chi connectivity index (χ0v) is 11.4. The summed E-state index contributed by atoms with van der Waals surface area (Å²) >= 11 is 1.23. The molecule has 0 spiro atoms. The van der Waals surface area contributed by atoms with Crippen LogP contribution >= 0.6 is 0 Å². The van der Waals surface area contributed by atoms with Crippen LogP contribution in [0.2, 0.25) is 0 Å². The number of rotatable bonds is 0. The molecule has 0 N–H and O–H groups in total. The molecule has 1 aliphatic carbocycles. The van der Waals surface area contributed by atoms with E-state index in [0.717, 1.165) is 5.92 Å². The molecule has 0 radical (unpaired) electrons. The van der Waals surface area contributed by atoms with Crippen molar-refractivity contribution in [3.63, 3.8) is 0 Å². The van der Waals surface area contributed by atoms with E-state index >= 15 is 0 Å². The van der Waals surface area contributed by atoms with Gasteiger partial charge in [-0.05, 0) is 0 Å². The maximum absolute atomic E-state index is 2.32. The summed E-state index contributed by atoms with van der Waals surface area (Å²) in [5.74, 6) is 0.756. The molecule has 0 aromatic heterocycles. The molecule has 1 rings (SSSR count). The minimum atomic E-state index is 0. The fraction of sp³-hybridized carbons (Fsp3) is 0.556. The van der Waals surface area contributed by atoms with Crippen LogP contribution in [0.5, 0.6) is 0 Å². The standard InChI is InChI=1S/C9H13.2FH.Hf/c1-6-5-7(2)9(4)8(6)3;;;/h6H,1-4H3;2*1H;/q;;;+2/p-2. The molecule has 1 atom stereocenters. The van der Waals surface area contributed by atoms with Gasteiger partial charge in [-0.3, -0.25) is 0 Å². The van der Waals surface area contributed by atoms with Crippen molar-refractivity contribution in [2.75, 3.05) is 0 Å². The molecule has 1 unspecified atom stereocenters. The number of hydrogen-bond donors (Lipinski definition) is 0. The molecule has 12 heavy (non-hydrogen) atoms. The van der Waals surface area contributed by atoms with Crippen molar-refractivity contribution in [1.82, 2.24) is 0 Å². The monoisotopic (exact) mass is 339 g/mol. The summed E-state index contributed by atoms with van der Waals surface area (Å²) < 4.78 is 1.69. The number of hydrogen-bond acceptors (Lipinski definition) is 0. The van der Waals surface area contributed by atoms with Gasteiger partial charge in [0.2, 0.25) is 0 Å². The molecule has 0 fully saturated rings. The molecule has 1 aliphatic rings. The van der Waals surface area contributed by atoms with Crippen LogP contribution in [0.25, 0.3) is 0 Å². The van der Waals surface area contributed by atoms with E-state index in [9.17, 15) is 0 Å². The summed E-state index contributed by atoms with van der Waals surface area (Å²) in [5, 5.41) is 0. The molecule has 0 amide bonds. The molecule has 0 aromatic rings.